The van der Waals surface area contributed by atoms with Gasteiger partial charge in [-0.1, -0.05) is 20.8 Å². The second kappa shape index (κ2) is 7.27. The van der Waals surface area contributed by atoms with E-state index in [-0.39, 0.29) is 29.5 Å². The van der Waals surface area contributed by atoms with Gasteiger partial charge in [-0.25, -0.2) is 0 Å². The van der Waals surface area contributed by atoms with Crippen LogP contribution < -0.4 is 0 Å². The first-order valence-electron chi connectivity index (χ1n) is 11.7. The predicted octanol–water partition coefficient (Wildman–Crippen LogP) is 4.48. The van der Waals surface area contributed by atoms with Gasteiger partial charge >= 0.3 is 5.97 Å². The minimum Gasteiger partial charge on any atom is -0.481 e. The van der Waals surface area contributed by atoms with Crippen molar-refractivity contribution in [2.24, 2.45) is 46.3 Å². The highest BCUT2D eigenvalue weighted by atomic mass is 16.4. The molecule has 0 aromatic rings. The predicted molar refractivity (Wildman–Crippen MR) is 109 cm³/mol. The molecular formula is C24H40O4. The largest absolute Gasteiger partial charge is 0.481 e. The summed E-state index contributed by atoms with van der Waals surface area (Å²) in [7, 11) is 0. The molecule has 0 aromatic heterocycles. The lowest BCUT2D eigenvalue weighted by molar-refractivity contribution is -0.174. The minimum absolute atomic E-state index is 0.179. The molecule has 0 spiro atoms. The zero-order valence-corrected chi connectivity index (χ0v) is 17.9. The Morgan fingerprint density at radius 3 is 2.39 bits per heavy atom. The van der Waals surface area contributed by atoms with Gasteiger partial charge in [-0.05, 0) is 104 Å². The lowest BCUT2D eigenvalue weighted by Gasteiger charge is -2.62. The van der Waals surface area contributed by atoms with Gasteiger partial charge in [-0.15, -0.1) is 0 Å². The Bertz CT molecular complexity index is 605. The molecule has 4 aliphatic rings. The molecule has 0 heterocycles. The van der Waals surface area contributed by atoms with Crippen molar-refractivity contribution in [1.82, 2.24) is 0 Å². The summed E-state index contributed by atoms with van der Waals surface area (Å²) in [6.45, 7) is 7.16. The average Bonchev–Trinajstić information content (AvgIpc) is 2.98. The van der Waals surface area contributed by atoms with Crippen molar-refractivity contribution in [3.8, 4) is 0 Å². The molecule has 0 bridgehead atoms. The summed E-state index contributed by atoms with van der Waals surface area (Å²) < 4.78 is 0. The van der Waals surface area contributed by atoms with E-state index in [0.717, 1.165) is 32.1 Å². The van der Waals surface area contributed by atoms with Gasteiger partial charge in [-0.2, -0.15) is 0 Å². The van der Waals surface area contributed by atoms with Crippen LogP contribution in [0, 0.1) is 46.3 Å². The van der Waals surface area contributed by atoms with Crippen LogP contribution in [0.4, 0.5) is 0 Å². The fraction of sp³-hybridized carbons (Fsp3) is 0.958. The highest BCUT2D eigenvalue weighted by Gasteiger charge is 2.62. The lowest BCUT2D eigenvalue weighted by Crippen LogP contribution is -2.58. The van der Waals surface area contributed by atoms with E-state index in [0.29, 0.717) is 35.5 Å². The Balaban J connectivity index is 1.55. The van der Waals surface area contributed by atoms with Crippen molar-refractivity contribution in [3.05, 3.63) is 0 Å². The van der Waals surface area contributed by atoms with E-state index in [1.54, 1.807) is 0 Å². The third-order valence-electron chi connectivity index (χ3n) is 10.2. The molecule has 0 aromatic carbocycles. The highest BCUT2D eigenvalue weighted by Crippen LogP contribution is 2.68. The Labute approximate surface area is 170 Å². The summed E-state index contributed by atoms with van der Waals surface area (Å²) in [5.41, 5.74) is 0.523. The maximum absolute atomic E-state index is 11.2. The number of hydrogen-bond acceptors (Lipinski definition) is 3. The average molecular weight is 393 g/mol. The van der Waals surface area contributed by atoms with Crippen LogP contribution in [0.25, 0.3) is 0 Å². The molecule has 0 aliphatic heterocycles. The van der Waals surface area contributed by atoms with Crippen LogP contribution in [-0.2, 0) is 4.79 Å². The molecule has 160 valence electrons. The van der Waals surface area contributed by atoms with Gasteiger partial charge in [0.15, 0.2) is 0 Å². The van der Waals surface area contributed by atoms with Gasteiger partial charge in [0.2, 0.25) is 0 Å². The minimum atomic E-state index is -0.684. The van der Waals surface area contributed by atoms with E-state index >= 15 is 0 Å². The molecule has 0 radical (unpaired) electrons. The van der Waals surface area contributed by atoms with E-state index in [4.69, 9.17) is 5.11 Å². The topological polar surface area (TPSA) is 77.8 Å². The summed E-state index contributed by atoms with van der Waals surface area (Å²) in [4.78, 5) is 11.1. The third-order valence-corrected chi connectivity index (χ3v) is 10.2. The lowest BCUT2D eigenvalue weighted by atomic mass is 9.43. The molecule has 0 saturated heterocycles. The molecular weight excluding hydrogens is 352 g/mol. The Morgan fingerprint density at radius 2 is 1.68 bits per heavy atom. The summed E-state index contributed by atoms with van der Waals surface area (Å²) in [6.07, 6.45) is 9.19. The molecule has 0 unspecified atom stereocenters. The first-order chi connectivity index (χ1) is 13.2. The summed E-state index contributed by atoms with van der Waals surface area (Å²) in [6, 6.07) is 0. The van der Waals surface area contributed by atoms with Crippen molar-refractivity contribution in [3.63, 3.8) is 0 Å². The Hall–Kier alpha value is -0.610. The van der Waals surface area contributed by atoms with Crippen LogP contribution in [-0.4, -0.2) is 33.5 Å². The van der Waals surface area contributed by atoms with Crippen molar-refractivity contribution in [2.45, 2.75) is 97.2 Å². The first kappa shape index (κ1) is 20.7. The standard InChI is InChI=1S/C24H40O4/c1-14(4-7-21(27)28)17-5-6-18-22-19(9-11-24(17,18)3)23(2)10-8-16(25)12-15(23)13-20(22)26/h14-20,22,25-26H,4-13H2,1-3H3,(H,27,28)/t14-,15+,16-,17-,18-,19+,20+,22+,23-,24+/m0/s1. The molecule has 4 aliphatic carbocycles. The van der Waals surface area contributed by atoms with Crippen LogP contribution in [0.3, 0.4) is 0 Å². The van der Waals surface area contributed by atoms with Crippen molar-refractivity contribution in [1.29, 1.82) is 0 Å². The molecule has 4 saturated carbocycles. The number of aliphatic carboxylic acids is 1. The second-order valence-corrected chi connectivity index (χ2v) is 11.4. The van der Waals surface area contributed by atoms with Gasteiger partial charge in [-0.3, -0.25) is 4.79 Å². The van der Waals surface area contributed by atoms with Crippen molar-refractivity contribution >= 4 is 5.97 Å². The summed E-state index contributed by atoms with van der Waals surface area (Å²) in [5.74, 6) is 2.36. The van der Waals surface area contributed by atoms with E-state index < -0.39 is 5.97 Å². The SMILES string of the molecule is C[C@@H](CCC(=O)O)[C@@H]1CC[C@H]2[C@H]3[C@H](O)C[C@H]4C[C@@H](O)CC[C@]4(C)[C@@H]3CC[C@@]21C. The number of rotatable bonds is 4. The summed E-state index contributed by atoms with van der Waals surface area (Å²) >= 11 is 0. The summed E-state index contributed by atoms with van der Waals surface area (Å²) in [5, 5.41) is 30.5. The van der Waals surface area contributed by atoms with Crippen LogP contribution in [0.15, 0.2) is 0 Å². The number of carbonyl (C=O) groups is 1. The van der Waals surface area contributed by atoms with Crippen molar-refractivity contribution < 1.29 is 20.1 Å². The van der Waals surface area contributed by atoms with Gasteiger partial charge in [0, 0.05) is 6.42 Å². The maximum Gasteiger partial charge on any atom is 0.303 e. The van der Waals surface area contributed by atoms with Gasteiger partial charge in [0.1, 0.15) is 0 Å². The molecule has 10 atom stereocenters. The highest BCUT2D eigenvalue weighted by molar-refractivity contribution is 5.66. The molecule has 28 heavy (non-hydrogen) atoms. The second-order valence-electron chi connectivity index (χ2n) is 11.4. The fourth-order valence-corrected chi connectivity index (χ4v) is 8.73. The molecule has 0 amide bonds. The molecule has 4 fully saturated rings. The van der Waals surface area contributed by atoms with E-state index in [1.165, 1.54) is 25.7 Å². The van der Waals surface area contributed by atoms with Gasteiger partial charge < -0.3 is 15.3 Å². The zero-order chi connectivity index (χ0) is 20.3. The quantitative estimate of drug-likeness (QED) is 0.659. The van der Waals surface area contributed by atoms with Crippen LogP contribution in [0.1, 0.15) is 85.0 Å². The molecule has 4 rings (SSSR count). The smallest absolute Gasteiger partial charge is 0.303 e. The third kappa shape index (κ3) is 3.14. The molecule has 3 N–H and O–H groups in total. The normalized spacial score (nSPS) is 51.7. The Kier molecular flexibility index (Phi) is 5.36. The molecule has 4 nitrogen and oxygen atoms in total. The molecule has 4 heteroatoms. The monoisotopic (exact) mass is 392 g/mol. The van der Waals surface area contributed by atoms with Crippen molar-refractivity contribution in [2.75, 3.05) is 0 Å². The first-order valence-corrected chi connectivity index (χ1v) is 11.7. The fourth-order valence-electron chi connectivity index (χ4n) is 8.73. The number of carboxylic acids is 1. The zero-order valence-electron chi connectivity index (χ0n) is 17.9. The number of aliphatic hydroxyl groups is 2. The number of fused-ring (bicyclic) bond motifs is 5. The van der Waals surface area contributed by atoms with Crippen LogP contribution >= 0.6 is 0 Å². The van der Waals surface area contributed by atoms with Gasteiger partial charge in [0.25, 0.3) is 0 Å². The van der Waals surface area contributed by atoms with Gasteiger partial charge in [0.05, 0.1) is 12.2 Å². The van der Waals surface area contributed by atoms with E-state index in [9.17, 15) is 15.0 Å². The number of aliphatic hydroxyl groups excluding tert-OH is 2. The number of carboxylic acid groups (broad SMARTS) is 1. The maximum atomic E-state index is 11.2. The van der Waals surface area contributed by atoms with Crippen LogP contribution in [0.2, 0.25) is 0 Å². The number of hydrogen-bond donors (Lipinski definition) is 3. The van der Waals surface area contributed by atoms with E-state index in [1.807, 2.05) is 0 Å². The Morgan fingerprint density at radius 1 is 1.00 bits per heavy atom. The van der Waals surface area contributed by atoms with Crippen LogP contribution in [0.5, 0.6) is 0 Å². The van der Waals surface area contributed by atoms with E-state index in [2.05, 4.69) is 20.8 Å².